The number of aromatic nitrogens is 1. The normalized spacial score (nSPS) is 12.9. The molecule has 0 saturated heterocycles. The SMILES string of the molecule is COC(=O)c1cc2c(c3c4cc(OC)ccc4n(S(=O)(=O)c4ccc(OC)cc4)c13)C(=O)N(Cc1ccccc1OC)C2. The molecule has 43 heavy (non-hydrogen) atoms. The zero-order valence-corrected chi connectivity index (χ0v) is 24.7. The first kappa shape index (κ1) is 28.1. The molecule has 4 aromatic carbocycles. The quantitative estimate of drug-likeness (QED) is 0.229. The van der Waals surface area contributed by atoms with Crippen LogP contribution in [0.4, 0.5) is 0 Å². The highest BCUT2D eigenvalue weighted by atomic mass is 32.2. The minimum absolute atomic E-state index is 0.0236. The van der Waals surface area contributed by atoms with E-state index in [0.29, 0.717) is 39.1 Å². The Morgan fingerprint density at radius 1 is 0.860 bits per heavy atom. The molecule has 0 unspecified atom stereocenters. The largest absolute Gasteiger partial charge is 0.497 e. The van der Waals surface area contributed by atoms with Crippen LogP contribution in [0.5, 0.6) is 17.2 Å². The molecular weight excluding hydrogens is 572 g/mol. The zero-order valence-electron chi connectivity index (χ0n) is 23.9. The van der Waals surface area contributed by atoms with Gasteiger partial charge in [-0.25, -0.2) is 17.2 Å². The van der Waals surface area contributed by atoms with Crippen LogP contribution in [0.3, 0.4) is 0 Å². The molecule has 0 N–H and O–H groups in total. The standard InChI is InChI=1S/C32H28N2O8S/c1-39-21-9-12-23(13-10-21)43(37,38)34-26-14-11-22(40-2)16-24(26)29-28-20(15-25(30(29)34)32(36)42-4)18-33(31(28)35)17-19-7-5-6-8-27(19)41-3/h5-16H,17-18H2,1-4H3. The molecule has 0 aliphatic carbocycles. The van der Waals surface area contributed by atoms with Crippen LogP contribution in [-0.4, -0.2) is 57.6 Å². The second-order valence-electron chi connectivity index (χ2n) is 9.97. The van der Waals surface area contributed by atoms with Crippen molar-refractivity contribution < 1.29 is 37.0 Å². The predicted molar refractivity (Wildman–Crippen MR) is 159 cm³/mol. The molecule has 1 aliphatic rings. The summed E-state index contributed by atoms with van der Waals surface area (Å²) in [6.45, 7) is 0.451. The van der Waals surface area contributed by atoms with Crippen LogP contribution in [0.1, 0.15) is 31.8 Å². The molecule has 1 aromatic heterocycles. The van der Waals surface area contributed by atoms with Gasteiger partial charge in [0.15, 0.2) is 0 Å². The monoisotopic (exact) mass is 600 g/mol. The van der Waals surface area contributed by atoms with Crippen molar-refractivity contribution >= 4 is 43.7 Å². The highest BCUT2D eigenvalue weighted by molar-refractivity contribution is 7.90. The Kier molecular flexibility index (Phi) is 6.97. The number of carbonyl (C=O) groups excluding carboxylic acids is 2. The van der Waals surface area contributed by atoms with Gasteiger partial charge in [0, 0.05) is 29.4 Å². The predicted octanol–water partition coefficient (Wildman–Crippen LogP) is 5.00. The lowest BCUT2D eigenvalue weighted by atomic mass is 9.98. The zero-order chi connectivity index (χ0) is 30.5. The Hall–Kier alpha value is -5.03. The number of hydrogen-bond donors (Lipinski definition) is 0. The van der Waals surface area contributed by atoms with E-state index in [1.807, 2.05) is 24.3 Å². The summed E-state index contributed by atoms with van der Waals surface area (Å²) in [4.78, 5) is 29.0. The molecule has 1 amide bonds. The summed E-state index contributed by atoms with van der Waals surface area (Å²) in [5, 5.41) is 0.775. The average Bonchev–Trinajstić information content (AvgIpc) is 3.54. The molecule has 11 heteroatoms. The van der Waals surface area contributed by atoms with E-state index in [9.17, 15) is 18.0 Å². The molecule has 0 atom stereocenters. The van der Waals surface area contributed by atoms with Gasteiger partial charge in [-0.15, -0.1) is 0 Å². The van der Waals surface area contributed by atoms with Gasteiger partial charge >= 0.3 is 5.97 Å². The Balaban J connectivity index is 1.66. The highest BCUT2D eigenvalue weighted by Gasteiger charge is 2.37. The smallest absolute Gasteiger partial charge is 0.340 e. The van der Waals surface area contributed by atoms with E-state index in [2.05, 4.69) is 0 Å². The van der Waals surface area contributed by atoms with Crippen LogP contribution >= 0.6 is 0 Å². The summed E-state index contributed by atoms with van der Waals surface area (Å²) in [5.41, 5.74) is 2.06. The number of benzene rings is 4. The van der Waals surface area contributed by atoms with E-state index in [4.69, 9.17) is 18.9 Å². The molecule has 0 saturated carbocycles. The van der Waals surface area contributed by atoms with Crippen molar-refractivity contribution in [1.82, 2.24) is 8.87 Å². The van der Waals surface area contributed by atoms with Crippen LogP contribution in [0, 0.1) is 0 Å². The number of para-hydroxylation sites is 1. The van der Waals surface area contributed by atoms with E-state index >= 15 is 0 Å². The van der Waals surface area contributed by atoms with Crippen molar-refractivity contribution in [2.75, 3.05) is 28.4 Å². The summed E-state index contributed by atoms with van der Waals surface area (Å²) in [6, 6.07) is 19.8. The number of hydrogen-bond acceptors (Lipinski definition) is 8. The van der Waals surface area contributed by atoms with Crippen molar-refractivity contribution in [3.05, 3.63) is 95.1 Å². The van der Waals surface area contributed by atoms with E-state index < -0.39 is 16.0 Å². The number of carbonyl (C=O) groups is 2. The molecule has 6 rings (SSSR count). The molecule has 0 fully saturated rings. The van der Waals surface area contributed by atoms with E-state index in [-0.39, 0.29) is 40.5 Å². The molecule has 10 nitrogen and oxygen atoms in total. The fraction of sp³-hybridized carbons (Fsp3) is 0.188. The van der Waals surface area contributed by atoms with Gasteiger partial charge in [0.1, 0.15) is 17.2 Å². The highest BCUT2D eigenvalue weighted by Crippen LogP contribution is 2.43. The number of methoxy groups -OCH3 is 4. The van der Waals surface area contributed by atoms with Crippen molar-refractivity contribution in [2.45, 2.75) is 18.0 Å². The number of esters is 1. The van der Waals surface area contributed by atoms with Gasteiger partial charge in [-0.05, 0) is 60.2 Å². The van der Waals surface area contributed by atoms with E-state index in [1.54, 1.807) is 48.4 Å². The maximum Gasteiger partial charge on any atom is 0.340 e. The Morgan fingerprint density at radius 2 is 1.56 bits per heavy atom. The van der Waals surface area contributed by atoms with Crippen molar-refractivity contribution in [3.63, 3.8) is 0 Å². The van der Waals surface area contributed by atoms with Gasteiger partial charge in [-0.1, -0.05) is 18.2 Å². The lowest BCUT2D eigenvalue weighted by molar-refractivity contribution is 0.0602. The number of rotatable bonds is 8. The Bertz CT molecular complexity index is 2030. The van der Waals surface area contributed by atoms with Crippen LogP contribution < -0.4 is 14.2 Å². The maximum atomic E-state index is 14.3. The van der Waals surface area contributed by atoms with Crippen LogP contribution in [0.25, 0.3) is 21.8 Å². The first-order valence-corrected chi connectivity index (χ1v) is 14.7. The first-order valence-electron chi connectivity index (χ1n) is 13.3. The minimum Gasteiger partial charge on any atom is -0.497 e. The third-order valence-corrected chi connectivity index (χ3v) is 9.42. The topological polar surface area (TPSA) is 113 Å². The number of fused-ring (bicyclic) bond motifs is 5. The molecule has 0 bridgehead atoms. The van der Waals surface area contributed by atoms with Gasteiger partial charge in [0.25, 0.3) is 15.9 Å². The lowest BCUT2D eigenvalue weighted by Gasteiger charge is -2.17. The molecular formula is C32H28N2O8S. The second-order valence-corrected chi connectivity index (χ2v) is 11.8. The number of nitrogens with zero attached hydrogens (tertiary/aromatic N) is 2. The molecule has 2 heterocycles. The first-order chi connectivity index (χ1) is 20.7. The minimum atomic E-state index is -4.29. The van der Waals surface area contributed by atoms with E-state index in [0.717, 1.165) is 9.54 Å². The Labute approximate surface area is 248 Å². The summed E-state index contributed by atoms with van der Waals surface area (Å²) < 4.78 is 51.1. The van der Waals surface area contributed by atoms with Gasteiger partial charge in [0.05, 0.1) is 55.5 Å². The molecule has 1 aliphatic heterocycles. The van der Waals surface area contributed by atoms with Crippen LogP contribution in [-0.2, 0) is 27.8 Å². The molecule has 220 valence electrons. The van der Waals surface area contributed by atoms with Crippen LogP contribution in [0.15, 0.2) is 77.7 Å². The van der Waals surface area contributed by atoms with Crippen molar-refractivity contribution in [3.8, 4) is 17.2 Å². The molecule has 0 spiro atoms. The number of amides is 1. The van der Waals surface area contributed by atoms with E-state index in [1.165, 1.54) is 33.5 Å². The third kappa shape index (κ3) is 4.43. The van der Waals surface area contributed by atoms with Crippen LogP contribution in [0.2, 0.25) is 0 Å². The average molecular weight is 601 g/mol. The second kappa shape index (κ2) is 10.7. The maximum absolute atomic E-state index is 14.3. The van der Waals surface area contributed by atoms with Gasteiger partial charge in [-0.3, -0.25) is 4.79 Å². The fourth-order valence-electron chi connectivity index (χ4n) is 5.68. The molecule has 5 aromatic rings. The summed E-state index contributed by atoms with van der Waals surface area (Å²) in [6.07, 6.45) is 0. The summed E-state index contributed by atoms with van der Waals surface area (Å²) in [5.74, 6) is 0.552. The summed E-state index contributed by atoms with van der Waals surface area (Å²) in [7, 11) is 1.49. The van der Waals surface area contributed by atoms with Crippen molar-refractivity contribution in [1.29, 1.82) is 0 Å². The Morgan fingerprint density at radius 3 is 2.23 bits per heavy atom. The van der Waals surface area contributed by atoms with Gasteiger partial charge in [-0.2, -0.15) is 0 Å². The number of ether oxygens (including phenoxy) is 4. The third-order valence-electron chi connectivity index (χ3n) is 7.70. The summed E-state index contributed by atoms with van der Waals surface area (Å²) >= 11 is 0. The van der Waals surface area contributed by atoms with Gasteiger partial charge in [0.2, 0.25) is 0 Å². The van der Waals surface area contributed by atoms with Crippen molar-refractivity contribution in [2.24, 2.45) is 0 Å². The fourth-order valence-corrected chi connectivity index (χ4v) is 7.22. The molecule has 0 radical (unpaired) electrons. The van der Waals surface area contributed by atoms with Gasteiger partial charge < -0.3 is 23.8 Å². The lowest BCUT2D eigenvalue weighted by Crippen LogP contribution is -2.23.